The van der Waals surface area contributed by atoms with Gasteiger partial charge in [-0.2, -0.15) is 0 Å². The maximum absolute atomic E-state index is 3.73. The quantitative estimate of drug-likeness (QED) is 0.613. The molecule has 2 aliphatic rings. The van der Waals surface area contributed by atoms with Crippen molar-refractivity contribution in [1.29, 1.82) is 0 Å². The van der Waals surface area contributed by atoms with Gasteiger partial charge in [-0.1, -0.05) is 32.6 Å². The van der Waals surface area contributed by atoms with Crippen molar-refractivity contribution in [3.63, 3.8) is 0 Å². The van der Waals surface area contributed by atoms with Gasteiger partial charge in [-0.05, 0) is 37.5 Å². The van der Waals surface area contributed by atoms with Crippen LogP contribution >= 0.6 is 0 Å². The van der Waals surface area contributed by atoms with Crippen LogP contribution in [-0.4, -0.2) is 12.6 Å². The van der Waals surface area contributed by atoms with Gasteiger partial charge >= 0.3 is 0 Å². The van der Waals surface area contributed by atoms with Gasteiger partial charge < -0.3 is 5.32 Å². The topological polar surface area (TPSA) is 12.0 Å². The molecule has 0 amide bonds. The smallest absolute Gasteiger partial charge is 0.00684 e. The predicted molar refractivity (Wildman–Crippen MR) is 61.5 cm³/mol. The van der Waals surface area contributed by atoms with Crippen LogP contribution in [0.15, 0.2) is 0 Å². The average molecular weight is 195 g/mol. The normalized spacial score (nSPS) is 24.6. The highest BCUT2D eigenvalue weighted by molar-refractivity contribution is 4.92. The third kappa shape index (κ3) is 2.73. The molecule has 0 unspecified atom stereocenters. The number of unbranched alkanes of at least 4 members (excludes halogenated alkanes) is 2. The Morgan fingerprint density at radius 2 is 2.00 bits per heavy atom. The van der Waals surface area contributed by atoms with Crippen LogP contribution in [0.3, 0.4) is 0 Å². The van der Waals surface area contributed by atoms with Crippen LogP contribution < -0.4 is 5.32 Å². The number of hydrogen-bond donors (Lipinski definition) is 1. The van der Waals surface area contributed by atoms with Crippen LogP contribution in [0.2, 0.25) is 0 Å². The minimum absolute atomic E-state index is 0.734. The molecule has 0 heterocycles. The lowest BCUT2D eigenvalue weighted by atomic mass is 9.66. The summed E-state index contributed by atoms with van der Waals surface area (Å²) in [5, 5.41) is 3.73. The zero-order chi connectivity index (χ0) is 9.86. The molecular weight excluding hydrogens is 170 g/mol. The Morgan fingerprint density at radius 3 is 2.50 bits per heavy atom. The van der Waals surface area contributed by atoms with Crippen molar-refractivity contribution in [2.75, 3.05) is 6.54 Å². The first kappa shape index (κ1) is 10.5. The van der Waals surface area contributed by atoms with Crippen molar-refractivity contribution < 1.29 is 0 Å². The second-order valence-corrected chi connectivity index (χ2v) is 5.47. The Bertz CT molecular complexity index is 168. The van der Waals surface area contributed by atoms with Crippen molar-refractivity contribution >= 4 is 0 Å². The molecule has 1 N–H and O–H groups in total. The molecule has 0 bridgehead atoms. The van der Waals surface area contributed by atoms with Gasteiger partial charge in [-0.3, -0.25) is 0 Å². The molecule has 1 nitrogen and oxygen atoms in total. The van der Waals surface area contributed by atoms with Crippen LogP contribution in [0, 0.1) is 5.41 Å². The van der Waals surface area contributed by atoms with E-state index >= 15 is 0 Å². The third-order valence-electron chi connectivity index (χ3n) is 4.07. The minimum atomic E-state index is 0.734. The maximum Gasteiger partial charge on any atom is 0.00684 e. The molecule has 1 heteroatoms. The first-order valence-electron chi connectivity index (χ1n) is 6.58. The highest BCUT2D eigenvalue weighted by atomic mass is 15.0. The summed E-state index contributed by atoms with van der Waals surface area (Å²) in [4.78, 5) is 0. The van der Waals surface area contributed by atoms with Crippen molar-refractivity contribution in [2.45, 2.75) is 70.8 Å². The van der Waals surface area contributed by atoms with Gasteiger partial charge in [0, 0.05) is 12.6 Å². The first-order chi connectivity index (χ1) is 6.85. The highest BCUT2D eigenvalue weighted by Gasteiger charge is 2.37. The van der Waals surface area contributed by atoms with Gasteiger partial charge in [0.15, 0.2) is 0 Å². The number of nitrogens with one attached hydrogen (secondary N) is 1. The molecule has 82 valence electrons. The fraction of sp³-hybridized carbons (Fsp3) is 1.00. The van der Waals surface area contributed by atoms with E-state index in [9.17, 15) is 0 Å². The second-order valence-electron chi connectivity index (χ2n) is 5.47. The monoisotopic (exact) mass is 195 g/mol. The average Bonchev–Trinajstić information content (AvgIpc) is 2.92. The summed E-state index contributed by atoms with van der Waals surface area (Å²) in [5.74, 6) is 0. The predicted octanol–water partition coefficient (Wildman–Crippen LogP) is 3.49. The molecule has 2 rings (SSSR count). The summed E-state index contributed by atoms with van der Waals surface area (Å²) >= 11 is 0. The molecule has 0 saturated heterocycles. The van der Waals surface area contributed by atoms with Gasteiger partial charge in [0.2, 0.25) is 0 Å². The van der Waals surface area contributed by atoms with Gasteiger partial charge in [-0.15, -0.1) is 0 Å². The number of hydrogen-bond acceptors (Lipinski definition) is 1. The van der Waals surface area contributed by atoms with E-state index in [0.29, 0.717) is 0 Å². The molecular formula is C13H25N. The highest BCUT2D eigenvalue weighted by Crippen LogP contribution is 2.45. The molecule has 0 atom stereocenters. The lowest BCUT2D eigenvalue weighted by Gasteiger charge is -2.42. The van der Waals surface area contributed by atoms with E-state index in [2.05, 4.69) is 12.2 Å². The van der Waals surface area contributed by atoms with Crippen LogP contribution in [0.25, 0.3) is 0 Å². The summed E-state index contributed by atoms with van der Waals surface area (Å²) < 4.78 is 0. The molecule has 0 aliphatic heterocycles. The van der Waals surface area contributed by atoms with Crippen molar-refractivity contribution in [3.8, 4) is 0 Å². The lowest BCUT2D eigenvalue weighted by molar-refractivity contribution is 0.112. The van der Waals surface area contributed by atoms with E-state index in [1.807, 2.05) is 0 Å². The molecule has 0 spiro atoms. The summed E-state index contributed by atoms with van der Waals surface area (Å²) in [6.45, 7) is 3.62. The summed E-state index contributed by atoms with van der Waals surface area (Å²) in [5.41, 5.74) is 0.734. The van der Waals surface area contributed by atoms with E-state index in [-0.39, 0.29) is 0 Å². The van der Waals surface area contributed by atoms with E-state index in [1.54, 1.807) is 0 Å². The van der Waals surface area contributed by atoms with E-state index in [4.69, 9.17) is 0 Å². The van der Waals surface area contributed by atoms with Gasteiger partial charge in [0.25, 0.3) is 0 Å². The maximum atomic E-state index is 3.73. The van der Waals surface area contributed by atoms with Gasteiger partial charge in [0.05, 0.1) is 0 Å². The van der Waals surface area contributed by atoms with Crippen LogP contribution in [0.5, 0.6) is 0 Å². The standard InChI is InChI=1S/C13H25N/c1-2-3-4-8-13(9-5-10-13)11-14-12-6-7-12/h12,14H,2-11H2,1H3. The Labute approximate surface area is 88.7 Å². The summed E-state index contributed by atoms with van der Waals surface area (Å²) in [6.07, 6.45) is 13.1. The summed E-state index contributed by atoms with van der Waals surface area (Å²) in [7, 11) is 0. The molecule has 0 aromatic carbocycles. The first-order valence-corrected chi connectivity index (χ1v) is 6.58. The van der Waals surface area contributed by atoms with Crippen molar-refractivity contribution in [2.24, 2.45) is 5.41 Å². The molecule has 14 heavy (non-hydrogen) atoms. The van der Waals surface area contributed by atoms with Gasteiger partial charge in [0.1, 0.15) is 0 Å². The Hall–Kier alpha value is -0.0400. The lowest BCUT2D eigenvalue weighted by Crippen LogP contribution is -2.40. The Kier molecular flexibility index (Phi) is 3.48. The zero-order valence-corrected chi connectivity index (χ0v) is 9.65. The van der Waals surface area contributed by atoms with Gasteiger partial charge in [-0.25, -0.2) is 0 Å². The van der Waals surface area contributed by atoms with E-state index < -0.39 is 0 Å². The minimum Gasteiger partial charge on any atom is -0.313 e. The molecule has 0 radical (unpaired) electrons. The van der Waals surface area contributed by atoms with Crippen molar-refractivity contribution in [1.82, 2.24) is 5.32 Å². The fourth-order valence-corrected chi connectivity index (χ4v) is 2.59. The molecule has 0 aromatic heterocycles. The second kappa shape index (κ2) is 4.65. The molecule has 0 aromatic rings. The van der Waals surface area contributed by atoms with Crippen LogP contribution in [-0.2, 0) is 0 Å². The van der Waals surface area contributed by atoms with Crippen LogP contribution in [0.1, 0.15) is 64.7 Å². The molecule has 2 saturated carbocycles. The zero-order valence-electron chi connectivity index (χ0n) is 9.65. The largest absolute Gasteiger partial charge is 0.313 e. The number of rotatable bonds is 7. The van der Waals surface area contributed by atoms with Crippen molar-refractivity contribution in [3.05, 3.63) is 0 Å². The Morgan fingerprint density at radius 1 is 1.21 bits per heavy atom. The Balaban J connectivity index is 1.65. The SMILES string of the molecule is CCCCCC1(CNC2CC2)CCC1. The molecule has 2 fully saturated rings. The van der Waals surface area contributed by atoms with E-state index in [1.165, 1.54) is 64.3 Å². The molecule has 2 aliphatic carbocycles. The fourth-order valence-electron chi connectivity index (χ4n) is 2.59. The van der Waals surface area contributed by atoms with Crippen LogP contribution in [0.4, 0.5) is 0 Å². The summed E-state index contributed by atoms with van der Waals surface area (Å²) in [6, 6.07) is 0.902. The van der Waals surface area contributed by atoms with E-state index in [0.717, 1.165) is 11.5 Å². The third-order valence-corrected chi connectivity index (χ3v) is 4.07.